The average Bonchev–Trinajstić information content (AvgIpc) is 3.01. The van der Waals surface area contributed by atoms with E-state index in [1.165, 1.54) is 0 Å². The zero-order chi connectivity index (χ0) is 31.7. The number of hydrogen-bond acceptors (Lipinski definition) is 14. The fourth-order valence-corrected chi connectivity index (χ4v) is 7.15. The minimum atomic E-state index is -0.940. The van der Waals surface area contributed by atoms with Gasteiger partial charge in [-0.25, -0.2) is 0 Å². The van der Waals surface area contributed by atoms with Crippen molar-refractivity contribution in [3.8, 4) is 0 Å². The highest BCUT2D eigenvalue weighted by molar-refractivity contribution is 4.98. The zero-order valence-electron chi connectivity index (χ0n) is 26.2. The molecule has 0 saturated carbocycles. The average molecular weight is 624 g/mol. The molecule has 0 aromatic carbocycles. The molecule has 3 aliphatic rings. The lowest BCUT2D eigenvalue weighted by Crippen LogP contribution is -2.63. The van der Waals surface area contributed by atoms with Crippen molar-refractivity contribution in [3.63, 3.8) is 0 Å². The van der Waals surface area contributed by atoms with Crippen LogP contribution < -0.4 is 16.0 Å². The highest BCUT2D eigenvalue weighted by Gasteiger charge is 2.47. The number of nitrogens with one attached hydrogen (secondary N) is 3. The van der Waals surface area contributed by atoms with Crippen LogP contribution in [0.5, 0.6) is 0 Å². The second kappa shape index (κ2) is 18.0. The summed E-state index contributed by atoms with van der Waals surface area (Å²) < 4.78 is 30.2. The summed E-state index contributed by atoms with van der Waals surface area (Å²) in [5, 5.41) is 72.3. The lowest BCUT2D eigenvalue weighted by atomic mass is 9.83. The first-order valence-corrected chi connectivity index (χ1v) is 15.7. The predicted molar refractivity (Wildman–Crippen MR) is 156 cm³/mol. The molecule has 0 aromatic rings. The summed E-state index contributed by atoms with van der Waals surface area (Å²) in [6, 6.07) is -1.23. The highest BCUT2D eigenvalue weighted by atomic mass is 16.6. The Balaban J connectivity index is 1.57. The Morgan fingerprint density at radius 3 is 1.19 bits per heavy atom. The van der Waals surface area contributed by atoms with Crippen LogP contribution in [-0.4, -0.2) is 171 Å². The van der Waals surface area contributed by atoms with Gasteiger partial charge in [-0.3, -0.25) is 0 Å². The molecule has 0 amide bonds. The molecule has 3 aliphatic heterocycles. The largest absolute Gasteiger partial charge is 0.394 e. The molecule has 0 spiro atoms. The van der Waals surface area contributed by atoms with Crippen molar-refractivity contribution in [1.29, 1.82) is 0 Å². The first kappa shape index (κ1) is 36.9. The summed E-state index contributed by atoms with van der Waals surface area (Å²) in [6.45, 7) is 3.48. The third-order valence-corrected chi connectivity index (χ3v) is 9.70. The molecule has 254 valence electrons. The van der Waals surface area contributed by atoms with Crippen LogP contribution in [0.4, 0.5) is 0 Å². The van der Waals surface area contributed by atoms with Gasteiger partial charge in [0.2, 0.25) is 0 Å². The highest BCUT2D eigenvalue weighted by Crippen LogP contribution is 2.31. The van der Waals surface area contributed by atoms with Crippen LogP contribution in [0.25, 0.3) is 0 Å². The number of likely N-dealkylation sites (N-methyl/N-ethyl adjacent to an activating group) is 3. The summed E-state index contributed by atoms with van der Waals surface area (Å²) in [5.74, 6) is -1.24. The van der Waals surface area contributed by atoms with Crippen LogP contribution in [0.15, 0.2) is 0 Å². The maximum atomic E-state index is 11.3. The molecule has 14 heteroatoms. The van der Waals surface area contributed by atoms with Crippen molar-refractivity contribution in [2.45, 2.75) is 99.8 Å². The monoisotopic (exact) mass is 623 g/mol. The smallest absolute Gasteiger partial charge is 0.0991 e. The normalized spacial score (nSPS) is 44.0. The van der Waals surface area contributed by atoms with Gasteiger partial charge in [-0.2, -0.15) is 0 Å². The SMILES string of the molecule is CCC1OC(CO)C(COCC2OC(CO)C(COCC3OC(CO)C(CC)C(O)C3NC)C(O)C2NC)C(O)C1NC. The Hall–Kier alpha value is -0.560. The molecule has 43 heavy (non-hydrogen) atoms. The molecule has 3 fully saturated rings. The first-order valence-electron chi connectivity index (χ1n) is 15.7. The molecule has 3 rings (SSSR count). The topological polar surface area (TPSA) is 204 Å². The fourth-order valence-electron chi connectivity index (χ4n) is 7.15. The van der Waals surface area contributed by atoms with E-state index in [1.807, 2.05) is 13.8 Å². The van der Waals surface area contributed by atoms with Crippen molar-refractivity contribution < 1.29 is 54.3 Å². The van der Waals surface area contributed by atoms with Crippen molar-refractivity contribution in [3.05, 3.63) is 0 Å². The molecule has 0 bridgehead atoms. The maximum absolute atomic E-state index is 11.3. The Morgan fingerprint density at radius 1 is 0.488 bits per heavy atom. The summed E-state index contributed by atoms with van der Waals surface area (Å²) in [7, 11) is 5.21. The van der Waals surface area contributed by atoms with Gasteiger partial charge in [-0.05, 0) is 34.0 Å². The molecular formula is C29H57N3O11. The molecule has 0 aliphatic carbocycles. The standard InChI is InChI=1S/C29H57N3O11/c1-6-15-19(8-33)42-22(25(31-4)27(15)36)13-40-12-17-21(10-35)43-23(26(32-5)29(17)38)14-39-11-16-20(9-34)41-18(7-2)24(30-3)28(16)37/h15-38H,6-14H2,1-5H3. The Morgan fingerprint density at radius 2 is 0.837 bits per heavy atom. The first-order chi connectivity index (χ1) is 20.7. The van der Waals surface area contributed by atoms with E-state index in [0.29, 0.717) is 12.8 Å². The van der Waals surface area contributed by atoms with Crippen LogP contribution in [0, 0.1) is 17.8 Å². The molecule has 0 radical (unpaired) electrons. The number of ether oxygens (including phenoxy) is 5. The van der Waals surface area contributed by atoms with Gasteiger partial charge in [-0.15, -0.1) is 0 Å². The van der Waals surface area contributed by atoms with Gasteiger partial charge in [0.15, 0.2) is 0 Å². The van der Waals surface area contributed by atoms with Gasteiger partial charge in [0.05, 0.1) is 119 Å². The molecule has 3 heterocycles. The minimum absolute atomic E-state index is 0.0688. The van der Waals surface area contributed by atoms with Gasteiger partial charge in [0.1, 0.15) is 0 Å². The minimum Gasteiger partial charge on any atom is -0.394 e. The van der Waals surface area contributed by atoms with E-state index < -0.39 is 72.8 Å². The molecule has 3 saturated heterocycles. The van der Waals surface area contributed by atoms with Gasteiger partial charge in [0, 0.05) is 17.8 Å². The van der Waals surface area contributed by atoms with Crippen LogP contribution in [0.1, 0.15) is 26.7 Å². The quantitative estimate of drug-likeness (QED) is 0.0832. The summed E-state index contributed by atoms with van der Waals surface area (Å²) in [5.41, 5.74) is 0. The van der Waals surface area contributed by atoms with Crippen molar-refractivity contribution >= 4 is 0 Å². The molecular weight excluding hydrogens is 566 g/mol. The fraction of sp³-hybridized carbons (Fsp3) is 1.00. The van der Waals surface area contributed by atoms with E-state index in [0.717, 1.165) is 0 Å². The summed E-state index contributed by atoms with van der Waals surface area (Å²) in [6.07, 6.45) is -4.27. The van der Waals surface area contributed by atoms with E-state index in [1.54, 1.807) is 21.1 Å². The van der Waals surface area contributed by atoms with Crippen LogP contribution in [-0.2, 0) is 23.7 Å². The third-order valence-electron chi connectivity index (χ3n) is 9.70. The van der Waals surface area contributed by atoms with E-state index in [9.17, 15) is 30.6 Å². The van der Waals surface area contributed by atoms with Gasteiger partial charge < -0.3 is 70.3 Å². The van der Waals surface area contributed by atoms with Crippen LogP contribution in [0.3, 0.4) is 0 Å². The Kier molecular flexibility index (Phi) is 15.4. The van der Waals surface area contributed by atoms with Crippen LogP contribution >= 0.6 is 0 Å². The lowest BCUT2D eigenvalue weighted by molar-refractivity contribution is -0.212. The number of aliphatic hydroxyl groups excluding tert-OH is 6. The number of rotatable bonds is 16. The van der Waals surface area contributed by atoms with Crippen molar-refractivity contribution in [1.82, 2.24) is 16.0 Å². The third kappa shape index (κ3) is 8.43. The lowest BCUT2D eigenvalue weighted by Gasteiger charge is -2.46. The van der Waals surface area contributed by atoms with E-state index in [-0.39, 0.29) is 64.3 Å². The summed E-state index contributed by atoms with van der Waals surface area (Å²) >= 11 is 0. The summed E-state index contributed by atoms with van der Waals surface area (Å²) in [4.78, 5) is 0. The second-order valence-electron chi connectivity index (χ2n) is 12.0. The molecule has 0 aromatic heterocycles. The van der Waals surface area contributed by atoms with Gasteiger partial charge >= 0.3 is 0 Å². The molecule has 15 unspecified atom stereocenters. The van der Waals surface area contributed by atoms with E-state index in [2.05, 4.69) is 16.0 Å². The van der Waals surface area contributed by atoms with Crippen molar-refractivity contribution in [2.24, 2.45) is 17.8 Å². The molecule has 15 atom stereocenters. The van der Waals surface area contributed by atoms with E-state index >= 15 is 0 Å². The van der Waals surface area contributed by atoms with Crippen molar-refractivity contribution in [2.75, 3.05) is 67.4 Å². The second-order valence-corrected chi connectivity index (χ2v) is 12.0. The van der Waals surface area contributed by atoms with Crippen LogP contribution in [0.2, 0.25) is 0 Å². The molecule has 9 N–H and O–H groups in total. The Labute approximate surface area is 255 Å². The maximum Gasteiger partial charge on any atom is 0.0991 e. The predicted octanol–water partition coefficient (Wildman–Crippen LogP) is -3.19. The van der Waals surface area contributed by atoms with Gasteiger partial charge in [-0.1, -0.05) is 13.8 Å². The zero-order valence-corrected chi connectivity index (χ0v) is 26.2. The number of aliphatic hydroxyl groups is 6. The molecule has 14 nitrogen and oxygen atoms in total. The Bertz CT molecular complexity index is 788. The van der Waals surface area contributed by atoms with Gasteiger partial charge in [0.25, 0.3) is 0 Å². The number of hydrogen-bond donors (Lipinski definition) is 9. The van der Waals surface area contributed by atoms with E-state index in [4.69, 9.17) is 23.7 Å².